The van der Waals surface area contributed by atoms with Crippen molar-refractivity contribution in [2.45, 2.75) is 45.7 Å². The van der Waals surface area contributed by atoms with Crippen LogP contribution < -0.4 is 5.32 Å². The van der Waals surface area contributed by atoms with Crippen molar-refractivity contribution in [2.75, 3.05) is 5.32 Å². The van der Waals surface area contributed by atoms with E-state index in [0.717, 1.165) is 5.69 Å². The van der Waals surface area contributed by atoms with E-state index in [0.29, 0.717) is 12.2 Å². The van der Waals surface area contributed by atoms with Gasteiger partial charge in [0.15, 0.2) is 0 Å². The SMILES string of the molecule is Cc1cc(NC(=O)[C@H]2C[C@H]2[N+](=O)[O-])n(C(C)(C)C)n1. The Hall–Kier alpha value is -1.92. The average Bonchev–Trinajstić information content (AvgIpc) is 2.96. The smallest absolute Gasteiger partial charge is 0.235 e. The number of nitrogens with zero attached hydrogens (tertiary/aromatic N) is 3. The molecule has 1 aliphatic carbocycles. The molecule has 19 heavy (non-hydrogen) atoms. The number of nitrogens with one attached hydrogen (secondary N) is 1. The van der Waals surface area contributed by atoms with E-state index >= 15 is 0 Å². The fraction of sp³-hybridized carbons (Fsp3) is 0.667. The molecule has 1 aromatic rings. The third-order valence-corrected chi connectivity index (χ3v) is 3.08. The number of carbonyl (C=O) groups excluding carboxylic acids is 1. The van der Waals surface area contributed by atoms with Crippen LogP contribution in [0.2, 0.25) is 0 Å². The second-order valence-corrected chi connectivity index (χ2v) is 5.94. The van der Waals surface area contributed by atoms with E-state index in [1.54, 1.807) is 10.7 Å². The largest absolute Gasteiger partial charge is 0.310 e. The first kappa shape index (κ1) is 13.5. The second kappa shape index (κ2) is 4.32. The van der Waals surface area contributed by atoms with E-state index in [-0.39, 0.29) is 11.4 Å². The lowest BCUT2D eigenvalue weighted by molar-refractivity contribution is -0.497. The predicted octanol–water partition coefficient (Wildman–Crippen LogP) is 1.55. The minimum atomic E-state index is -0.730. The predicted molar refractivity (Wildman–Crippen MR) is 69.5 cm³/mol. The van der Waals surface area contributed by atoms with E-state index in [4.69, 9.17) is 0 Å². The zero-order valence-electron chi connectivity index (χ0n) is 11.5. The highest BCUT2D eigenvalue weighted by Gasteiger charge is 2.53. The van der Waals surface area contributed by atoms with Crippen molar-refractivity contribution in [3.8, 4) is 0 Å². The molecule has 2 rings (SSSR count). The van der Waals surface area contributed by atoms with Gasteiger partial charge in [-0.2, -0.15) is 5.10 Å². The third-order valence-electron chi connectivity index (χ3n) is 3.08. The highest BCUT2D eigenvalue weighted by Crippen LogP contribution is 2.34. The molecule has 1 heterocycles. The van der Waals surface area contributed by atoms with Crippen LogP contribution in [-0.4, -0.2) is 26.7 Å². The van der Waals surface area contributed by atoms with Crippen molar-refractivity contribution in [3.63, 3.8) is 0 Å². The van der Waals surface area contributed by atoms with Gasteiger partial charge in [-0.1, -0.05) is 0 Å². The molecule has 1 N–H and O–H groups in total. The molecule has 0 spiro atoms. The van der Waals surface area contributed by atoms with E-state index in [1.165, 1.54) is 0 Å². The van der Waals surface area contributed by atoms with Crippen molar-refractivity contribution in [2.24, 2.45) is 5.92 Å². The Morgan fingerprint density at radius 1 is 1.58 bits per heavy atom. The van der Waals surface area contributed by atoms with Crippen LogP contribution in [0.1, 0.15) is 32.9 Å². The van der Waals surface area contributed by atoms with Crippen LogP contribution in [0, 0.1) is 23.0 Å². The minimum Gasteiger partial charge on any atom is -0.310 e. The number of rotatable bonds is 3. The number of aromatic nitrogens is 2. The summed E-state index contributed by atoms with van der Waals surface area (Å²) in [5, 5.41) is 17.6. The van der Waals surface area contributed by atoms with Crippen molar-refractivity contribution >= 4 is 11.7 Å². The van der Waals surface area contributed by atoms with Gasteiger partial charge in [0.05, 0.1) is 11.2 Å². The first-order valence-corrected chi connectivity index (χ1v) is 6.21. The molecule has 104 valence electrons. The normalized spacial score (nSPS) is 22.1. The van der Waals surface area contributed by atoms with Crippen molar-refractivity contribution < 1.29 is 9.72 Å². The van der Waals surface area contributed by atoms with Gasteiger partial charge in [0.2, 0.25) is 11.9 Å². The first-order valence-electron chi connectivity index (χ1n) is 6.21. The summed E-state index contributed by atoms with van der Waals surface area (Å²) < 4.78 is 1.73. The summed E-state index contributed by atoms with van der Waals surface area (Å²) in [7, 11) is 0. The molecular formula is C12H18N4O3. The van der Waals surface area contributed by atoms with Crippen LogP contribution in [0.5, 0.6) is 0 Å². The first-order chi connectivity index (χ1) is 8.70. The Balaban J connectivity index is 2.12. The number of aryl methyl sites for hydroxylation is 1. The molecule has 1 aliphatic rings. The van der Waals surface area contributed by atoms with Gasteiger partial charge in [-0.25, -0.2) is 4.68 Å². The molecule has 1 fully saturated rings. The Morgan fingerprint density at radius 2 is 2.21 bits per heavy atom. The summed E-state index contributed by atoms with van der Waals surface area (Å²) in [5.74, 6) is -0.227. The zero-order valence-corrected chi connectivity index (χ0v) is 11.5. The van der Waals surface area contributed by atoms with Crippen molar-refractivity contribution in [3.05, 3.63) is 21.9 Å². The van der Waals surface area contributed by atoms with Gasteiger partial charge in [-0.05, 0) is 27.7 Å². The van der Waals surface area contributed by atoms with Crippen molar-refractivity contribution in [1.82, 2.24) is 9.78 Å². The van der Waals surface area contributed by atoms with Gasteiger partial charge in [-0.15, -0.1) is 0 Å². The Labute approximate surface area is 111 Å². The lowest BCUT2D eigenvalue weighted by Crippen LogP contribution is -2.27. The summed E-state index contributed by atoms with van der Waals surface area (Å²) >= 11 is 0. The summed E-state index contributed by atoms with van der Waals surface area (Å²) in [6.07, 6.45) is 0.321. The van der Waals surface area contributed by atoms with Gasteiger partial charge >= 0.3 is 0 Å². The summed E-state index contributed by atoms with van der Waals surface area (Å²) in [6, 6.07) is 1.04. The van der Waals surface area contributed by atoms with Gasteiger partial charge in [0, 0.05) is 17.4 Å². The quantitative estimate of drug-likeness (QED) is 0.663. The van der Waals surface area contributed by atoms with Crippen LogP contribution in [0.3, 0.4) is 0 Å². The lowest BCUT2D eigenvalue weighted by Gasteiger charge is -2.22. The molecule has 0 unspecified atom stereocenters. The van der Waals surface area contributed by atoms with Crippen LogP contribution in [0.15, 0.2) is 6.07 Å². The minimum absolute atomic E-state index is 0.261. The number of hydrogen-bond donors (Lipinski definition) is 1. The maximum Gasteiger partial charge on any atom is 0.235 e. The van der Waals surface area contributed by atoms with Gasteiger partial charge in [-0.3, -0.25) is 14.9 Å². The molecule has 0 aromatic carbocycles. The Kier molecular flexibility index (Phi) is 3.07. The van der Waals surface area contributed by atoms with Crippen LogP contribution in [0.25, 0.3) is 0 Å². The molecule has 2 atom stereocenters. The summed E-state index contributed by atoms with van der Waals surface area (Å²) in [4.78, 5) is 22.1. The summed E-state index contributed by atoms with van der Waals surface area (Å²) in [6.45, 7) is 7.78. The lowest BCUT2D eigenvalue weighted by atomic mass is 10.1. The molecule has 7 heteroatoms. The van der Waals surface area contributed by atoms with E-state index in [9.17, 15) is 14.9 Å². The fourth-order valence-electron chi connectivity index (χ4n) is 2.02. The molecule has 0 radical (unpaired) electrons. The molecular weight excluding hydrogens is 248 g/mol. The van der Waals surface area contributed by atoms with E-state index < -0.39 is 16.9 Å². The maximum absolute atomic E-state index is 11.9. The van der Waals surface area contributed by atoms with Gasteiger partial charge in [0.25, 0.3) is 0 Å². The molecule has 0 aliphatic heterocycles. The van der Waals surface area contributed by atoms with Gasteiger partial charge in [0.1, 0.15) is 11.7 Å². The number of nitro groups is 1. The van der Waals surface area contributed by atoms with Crippen LogP contribution >= 0.6 is 0 Å². The number of carbonyl (C=O) groups is 1. The average molecular weight is 266 g/mol. The number of anilines is 1. The second-order valence-electron chi connectivity index (χ2n) is 5.94. The standard InChI is InChI=1S/C12H18N4O3/c1-7-5-10(15(14-7)12(2,3)4)13-11(17)8-6-9(8)16(18)19/h5,8-9H,6H2,1-4H3,(H,13,17)/t8-,9+/m0/s1. The highest BCUT2D eigenvalue weighted by atomic mass is 16.6. The van der Waals surface area contributed by atoms with Crippen molar-refractivity contribution in [1.29, 1.82) is 0 Å². The van der Waals surface area contributed by atoms with E-state index in [1.807, 2.05) is 27.7 Å². The number of amides is 1. The number of hydrogen-bond acceptors (Lipinski definition) is 4. The molecule has 0 bridgehead atoms. The molecule has 1 saturated carbocycles. The molecule has 1 amide bonds. The maximum atomic E-state index is 11.9. The Morgan fingerprint density at radius 3 is 2.68 bits per heavy atom. The van der Waals surface area contributed by atoms with Crippen LogP contribution in [-0.2, 0) is 10.3 Å². The third kappa shape index (κ3) is 2.74. The Bertz CT molecular complexity index is 530. The highest BCUT2D eigenvalue weighted by molar-refractivity contribution is 5.94. The van der Waals surface area contributed by atoms with E-state index in [2.05, 4.69) is 10.4 Å². The summed E-state index contributed by atoms with van der Waals surface area (Å²) in [5.41, 5.74) is 0.537. The molecule has 1 aromatic heterocycles. The molecule has 7 nitrogen and oxygen atoms in total. The monoisotopic (exact) mass is 266 g/mol. The zero-order chi connectivity index (χ0) is 14.4. The van der Waals surface area contributed by atoms with Gasteiger partial charge < -0.3 is 5.32 Å². The van der Waals surface area contributed by atoms with Crippen LogP contribution in [0.4, 0.5) is 5.82 Å². The topological polar surface area (TPSA) is 90.1 Å². The molecule has 0 saturated heterocycles. The fourth-order valence-corrected chi connectivity index (χ4v) is 2.02.